The summed E-state index contributed by atoms with van der Waals surface area (Å²) in [4.78, 5) is 15.1. The van der Waals surface area contributed by atoms with E-state index in [2.05, 4.69) is 32.5 Å². The van der Waals surface area contributed by atoms with Crippen LogP contribution in [0.25, 0.3) is 22.0 Å². The molecule has 3 aromatic carbocycles. The predicted molar refractivity (Wildman–Crippen MR) is 132 cm³/mol. The van der Waals surface area contributed by atoms with Gasteiger partial charge in [-0.15, -0.1) is 10.2 Å². The second kappa shape index (κ2) is 9.28. The van der Waals surface area contributed by atoms with Gasteiger partial charge in [-0.3, -0.25) is 4.79 Å². The fourth-order valence-electron chi connectivity index (χ4n) is 4.35. The minimum Gasteiger partial charge on any atom is -0.497 e. The first-order valence-electron chi connectivity index (χ1n) is 11.2. The molecule has 33 heavy (non-hydrogen) atoms. The summed E-state index contributed by atoms with van der Waals surface area (Å²) >= 11 is 0. The molecule has 1 aliphatic rings. The Morgan fingerprint density at radius 2 is 1.67 bits per heavy atom. The summed E-state index contributed by atoms with van der Waals surface area (Å²) in [6.45, 7) is 1.56. The van der Waals surface area contributed by atoms with Gasteiger partial charge in [0.05, 0.1) is 12.8 Å². The molecule has 2 heterocycles. The van der Waals surface area contributed by atoms with Crippen molar-refractivity contribution in [3.63, 3.8) is 0 Å². The van der Waals surface area contributed by atoms with Gasteiger partial charge in [-0.1, -0.05) is 36.4 Å². The van der Waals surface area contributed by atoms with Gasteiger partial charge in [-0.2, -0.15) is 0 Å². The first-order valence-corrected chi connectivity index (χ1v) is 11.2. The van der Waals surface area contributed by atoms with Crippen LogP contribution in [-0.4, -0.2) is 36.3 Å². The summed E-state index contributed by atoms with van der Waals surface area (Å²) in [6, 6.07) is 25.9. The molecule has 4 aromatic rings. The van der Waals surface area contributed by atoms with Crippen molar-refractivity contribution in [2.45, 2.75) is 12.8 Å². The predicted octanol–water partition coefficient (Wildman–Crippen LogP) is 5.16. The number of rotatable bonds is 5. The van der Waals surface area contributed by atoms with Crippen LogP contribution in [0.1, 0.15) is 12.8 Å². The second-order valence-electron chi connectivity index (χ2n) is 8.28. The van der Waals surface area contributed by atoms with Crippen molar-refractivity contribution in [2.24, 2.45) is 5.92 Å². The van der Waals surface area contributed by atoms with Gasteiger partial charge in [-0.05, 0) is 60.7 Å². The molecule has 0 radical (unpaired) electrons. The Morgan fingerprint density at radius 1 is 0.909 bits per heavy atom. The van der Waals surface area contributed by atoms with E-state index in [0.717, 1.165) is 65.2 Å². The molecule has 166 valence electrons. The summed E-state index contributed by atoms with van der Waals surface area (Å²) in [5.41, 5.74) is 2.70. The Morgan fingerprint density at radius 3 is 2.39 bits per heavy atom. The molecular weight excluding hydrogens is 412 g/mol. The number of aromatic nitrogens is 2. The Balaban J connectivity index is 1.20. The minimum atomic E-state index is -0.00764. The lowest BCUT2D eigenvalue weighted by Crippen LogP contribution is -2.38. The smallest absolute Gasteiger partial charge is 0.227 e. The number of nitrogens with one attached hydrogen (secondary N) is 1. The maximum absolute atomic E-state index is 12.9. The van der Waals surface area contributed by atoms with E-state index in [-0.39, 0.29) is 11.8 Å². The van der Waals surface area contributed by atoms with E-state index in [4.69, 9.17) is 4.74 Å². The highest BCUT2D eigenvalue weighted by Gasteiger charge is 2.26. The molecule has 1 N–H and O–H groups in total. The summed E-state index contributed by atoms with van der Waals surface area (Å²) in [5, 5.41) is 14.2. The van der Waals surface area contributed by atoms with Gasteiger partial charge in [-0.25, -0.2) is 0 Å². The van der Waals surface area contributed by atoms with Crippen molar-refractivity contribution in [2.75, 3.05) is 30.4 Å². The number of nitrogens with zero attached hydrogens (tertiary/aromatic N) is 3. The summed E-state index contributed by atoms with van der Waals surface area (Å²) < 4.78 is 5.21. The number of benzene rings is 3. The van der Waals surface area contributed by atoms with E-state index in [9.17, 15) is 4.79 Å². The Labute approximate surface area is 193 Å². The average molecular weight is 439 g/mol. The van der Waals surface area contributed by atoms with Gasteiger partial charge in [0.25, 0.3) is 0 Å². The highest BCUT2D eigenvalue weighted by Crippen LogP contribution is 2.27. The van der Waals surface area contributed by atoms with Crippen molar-refractivity contribution < 1.29 is 9.53 Å². The van der Waals surface area contributed by atoms with Crippen molar-refractivity contribution >= 4 is 28.2 Å². The van der Waals surface area contributed by atoms with E-state index in [1.54, 1.807) is 7.11 Å². The lowest BCUT2D eigenvalue weighted by atomic mass is 9.95. The maximum atomic E-state index is 12.9. The number of carbonyl (C=O) groups is 1. The lowest BCUT2D eigenvalue weighted by molar-refractivity contribution is -0.120. The largest absolute Gasteiger partial charge is 0.497 e. The maximum Gasteiger partial charge on any atom is 0.227 e. The zero-order valence-corrected chi connectivity index (χ0v) is 18.6. The molecule has 0 aliphatic carbocycles. The summed E-state index contributed by atoms with van der Waals surface area (Å²) in [5.74, 6) is 1.74. The summed E-state index contributed by atoms with van der Waals surface area (Å²) in [6.07, 6.45) is 1.58. The van der Waals surface area contributed by atoms with Crippen molar-refractivity contribution in [3.05, 3.63) is 78.9 Å². The van der Waals surface area contributed by atoms with Crippen LogP contribution in [0.3, 0.4) is 0 Å². The molecule has 1 fully saturated rings. The molecule has 0 unspecified atom stereocenters. The molecule has 1 aromatic heterocycles. The zero-order valence-electron chi connectivity index (χ0n) is 18.6. The van der Waals surface area contributed by atoms with Crippen LogP contribution >= 0.6 is 0 Å². The van der Waals surface area contributed by atoms with E-state index in [1.165, 1.54) is 0 Å². The molecule has 1 saturated heterocycles. The number of hydrogen-bond acceptors (Lipinski definition) is 5. The van der Waals surface area contributed by atoms with Gasteiger partial charge in [0.2, 0.25) is 5.91 Å². The van der Waals surface area contributed by atoms with Crippen LogP contribution in [-0.2, 0) is 4.79 Å². The SMILES string of the molecule is COc1ccc(-c2ccc(N3CCC(C(=O)Nc4cccc5ccccc45)CC3)nn2)cc1. The number of ether oxygens (including phenoxy) is 1. The third-order valence-corrected chi connectivity index (χ3v) is 6.27. The highest BCUT2D eigenvalue weighted by molar-refractivity contribution is 6.02. The lowest BCUT2D eigenvalue weighted by Gasteiger charge is -2.32. The molecule has 0 spiro atoms. The molecule has 0 saturated carbocycles. The molecule has 0 bridgehead atoms. The van der Waals surface area contributed by atoms with Crippen LogP contribution in [0.4, 0.5) is 11.5 Å². The zero-order chi connectivity index (χ0) is 22.6. The molecule has 0 atom stereocenters. The Hall–Kier alpha value is -3.93. The van der Waals surface area contributed by atoms with E-state index >= 15 is 0 Å². The quantitative estimate of drug-likeness (QED) is 0.466. The number of amides is 1. The monoisotopic (exact) mass is 438 g/mol. The number of anilines is 2. The molecule has 6 nitrogen and oxygen atoms in total. The number of fused-ring (bicyclic) bond motifs is 1. The van der Waals surface area contributed by atoms with Crippen molar-refractivity contribution in [1.82, 2.24) is 10.2 Å². The minimum absolute atomic E-state index is 0.00764. The topological polar surface area (TPSA) is 67.3 Å². The van der Waals surface area contributed by atoms with Gasteiger partial charge in [0.1, 0.15) is 5.75 Å². The van der Waals surface area contributed by atoms with Crippen LogP contribution in [0.15, 0.2) is 78.9 Å². The molecule has 6 heteroatoms. The van der Waals surface area contributed by atoms with Gasteiger partial charge in [0, 0.05) is 35.6 Å². The average Bonchev–Trinajstić information content (AvgIpc) is 2.89. The van der Waals surface area contributed by atoms with Crippen molar-refractivity contribution in [1.29, 1.82) is 0 Å². The van der Waals surface area contributed by atoms with E-state index in [1.807, 2.05) is 66.7 Å². The van der Waals surface area contributed by atoms with Crippen LogP contribution in [0.5, 0.6) is 5.75 Å². The van der Waals surface area contributed by atoms with Gasteiger partial charge >= 0.3 is 0 Å². The van der Waals surface area contributed by atoms with E-state index in [0.29, 0.717) is 0 Å². The van der Waals surface area contributed by atoms with Crippen LogP contribution in [0, 0.1) is 5.92 Å². The van der Waals surface area contributed by atoms with Crippen LogP contribution in [0.2, 0.25) is 0 Å². The third kappa shape index (κ3) is 4.51. The van der Waals surface area contributed by atoms with Crippen LogP contribution < -0.4 is 15.0 Å². The van der Waals surface area contributed by atoms with Gasteiger partial charge < -0.3 is 15.0 Å². The number of carbonyl (C=O) groups excluding carboxylic acids is 1. The third-order valence-electron chi connectivity index (χ3n) is 6.27. The standard InChI is InChI=1S/C27H26N4O2/c1-33-22-11-9-20(10-12-22)24-13-14-26(30-29-24)31-17-15-21(16-18-31)27(32)28-25-8-4-6-19-5-2-3-7-23(19)25/h2-14,21H,15-18H2,1H3,(H,28,32). The Bertz CT molecular complexity index is 1240. The molecular formula is C27H26N4O2. The number of methoxy groups -OCH3 is 1. The first kappa shape index (κ1) is 20.9. The fourth-order valence-corrected chi connectivity index (χ4v) is 4.35. The first-order chi connectivity index (χ1) is 16.2. The number of piperidine rings is 1. The molecule has 1 amide bonds. The Kier molecular flexibility index (Phi) is 5.89. The molecule has 5 rings (SSSR count). The second-order valence-corrected chi connectivity index (χ2v) is 8.28. The summed E-state index contributed by atoms with van der Waals surface area (Å²) in [7, 11) is 1.65. The fraction of sp³-hybridized carbons (Fsp3) is 0.222. The van der Waals surface area contributed by atoms with Gasteiger partial charge in [0.15, 0.2) is 5.82 Å². The van der Waals surface area contributed by atoms with Crippen molar-refractivity contribution in [3.8, 4) is 17.0 Å². The number of hydrogen-bond donors (Lipinski definition) is 1. The normalized spacial score (nSPS) is 14.3. The van der Waals surface area contributed by atoms with E-state index < -0.39 is 0 Å². The molecule has 1 aliphatic heterocycles. The highest BCUT2D eigenvalue weighted by atomic mass is 16.5.